The minimum Gasteiger partial charge on any atom is -0.391 e. The Morgan fingerprint density at radius 1 is 1.24 bits per heavy atom. The molecule has 25 heavy (non-hydrogen) atoms. The summed E-state index contributed by atoms with van der Waals surface area (Å²) in [6.45, 7) is 0.238. The highest BCUT2D eigenvalue weighted by molar-refractivity contribution is 7.10. The number of ketones is 1. The number of aliphatic hydroxyl groups excluding tert-OH is 1. The van der Waals surface area contributed by atoms with E-state index in [2.05, 4.69) is 0 Å². The number of aryl methyl sites for hydroxylation is 1. The quantitative estimate of drug-likeness (QED) is 0.841. The van der Waals surface area contributed by atoms with Gasteiger partial charge in [-0.3, -0.25) is 9.59 Å². The molecular formula is C19H20ClNO3S. The predicted octanol–water partition coefficient (Wildman–Crippen LogP) is 3.11. The summed E-state index contributed by atoms with van der Waals surface area (Å²) in [4.78, 5) is 27.7. The zero-order valence-electron chi connectivity index (χ0n) is 13.7. The number of hydrogen-bond donors (Lipinski definition) is 1. The maximum Gasteiger partial charge on any atom is 0.228 e. The fourth-order valence-electron chi connectivity index (χ4n) is 3.14. The van der Waals surface area contributed by atoms with Crippen LogP contribution >= 0.6 is 22.9 Å². The highest BCUT2D eigenvalue weighted by Gasteiger charge is 2.38. The van der Waals surface area contributed by atoms with Crippen LogP contribution in [0, 0.1) is 0 Å². The van der Waals surface area contributed by atoms with Crippen LogP contribution in [0.3, 0.4) is 0 Å². The molecule has 2 heterocycles. The minimum atomic E-state index is -0.628. The van der Waals surface area contributed by atoms with Crippen LogP contribution in [0.25, 0.3) is 0 Å². The number of Topliss-reactive ketones (excluding diaryl/α,β-unsaturated/α-hetero) is 1. The van der Waals surface area contributed by atoms with Gasteiger partial charge in [0, 0.05) is 29.3 Å². The fraction of sp³-hybridized carbons (Fsp3) is 0.368. The van der Waals surface area contributed by atoms with Crippen molar-refractivity contribution in [2.45, 2.75) is 37.8 Å². The van der Waals surface area contributed by atoms with Gasteiger partial charge in [0.2, 0.25) is 5.91 Å². The largest absolute Gasteiger partial charge is 0.391 e. The van der Waals surface area contributed by atoms with Crippen molar-refractivity contribution in [3.8, 4) is 0 Å². The van der Waals surface area contributed by atoms with Gasteiger partial charge in [-0.15, -0.1) is 11.3 Å². The van der Waals surface area contributed by atoms with E-state index < -0.39 is 12.1 Å². The van der Waals surface area contributed by atoms with Gasteiger partial charge >= 0.3 is 0 Å². The number of benzene rings is 1. The summed E-state index contributed by atoms with van der Waals surface area (Å²) >= 11 is 7.39. The van der Waals surface area contributed by atoms with Crippen LogP contribution in [0.5, 0.6) is 0 Å². The van der Waals surface area contributed by atoms with Crippen LogP contribution in [0.15, 0.2) is 41.8 Å². The fourth-order valence-corrected chi connectivity index (χ4v) is 3.97. The maximum absolute atomic E-state index is 12.6. The smallest absolute Gasteiger partial charge is 0.228 e. The molecule has 0 radical (unpaired) electrons. The molecule has 0 spiro atoms. The maximum atomic E-state index is 12.6. The van der Waals surface area contributed by atoms with Crippen LogP contribution in [-0.4, -0.2) is 40.4 Å². The Kier molecular flexibility index (Phi) is 5.89. The first-order valence-electron chi connectivity index (χ1n) is 8.30. The third-order valence-electron chi connectivity index (χ3n) is 4.45. The summed E-state index contributed by atoms with van der Waals surface area (Å²) in [6.07, 6.45) is 0.940. The first-order chi connectivity index (χ1) is 12.0. The molecule has 0 saturated carbocycles. The van der Waals surface area contributed by atoms with Crippen molar-refractivity contribution in [2.24, 2.45) is 0 Å². The van der Waals surface area contributed by atoms with E-state index in [4.69, 9.17) is 11.6 Å². The van der Waals surface area contributed by atoms with Crippen molar-refractivity contribution >= 4 is 34.6 Å². The van der Waals surface area contributed by atoms with Gasteiger partial charge in [0.1, 0.15) is 0 Å². The lowest BCUT2D eigenvalue weighted by Gasteiger charge is -2.23. The van der Waals surface area contributed by atoms with Crippen molar-refractivity contribution < 1.29 is 14.7 Å². The van der Waals surface area contributed by atoms with Crippen LogP contribution < -0.4 is 0 Å². The molecule has 1 aromatic heterocycles. The van der Waals surface area contributed by atoms with Crippen molar-refractivity contribution in [3.05, 3.63) is 57.2 Å². The van der Waals surface area contributed by atoms with Gasteiger partial charge in [-0.25, -0.2) is 0 Å². The Labute approximate surface area is 156 Å². The number of hydrogen-bond acceptors (Lipinski definition) is 4. The summed E-state index contributed by atoms with van der Waals surface area (Å²) in [5.74, 6) is -0.0881. The van der Waals surface area contributed by atoms with Gasteiger partial charge in [0.15, 0.2) is 5.78 Å². The van der Waals surface area contributed by atoms with Crippen molar-refractivity contribution in [1.82, 2.24) is 4.90 Å². The van der Waals surface area contributed by atoms with Gasteiger partial charge in [0.05, 0.1) is 18.6 Å². The predicted molar refractivity (Wildman–Crippen MR) is 98.9 cm³/mol. The number of carbonyl (C=O) groups is 2. The number of thiophene rings is 1. The Bertz CT molecular complexity index is 730. The van der Waals surface area contributed by atoms with Crippen molar-refractivity contribution in [2.75, 3.05) is 6.54 Å². The van der Waals surface area contributed by atoms with E-state index in [1.165, 1.54) is 11.3 Å². The first-order valence-corrected chi connectivity index (χ1v) is 9.56. The van der Waals surface area contributed by atoms with Gasteiger partial charge in [-0.2, -0.15) is 0 Å². The second kappa shape index (κ2) is 8.13. The van der Waals surface area contributed by atoms with Crippen molar-refractivity contribution in [1.29, 1.82) is 0 Å². The van der Waals surface area contributed by atoms with E-state index in [-0.39, 0.29) is 24.7 Å². The monoisotopic (exact) mass is 377 g/mol. The van der Waals surface area contributed by atoms with Gasteiger partial charge < -0.3 is 10.0 Å². The van der Waals surface area contributed by atoms with E-state index in [0.29, 0.717) is 24.3 Å². The Morgan fingerprint density at radius 3 is 2.68 bits per heavy atom. The topological polar surface area (TPSA) is 57.6 Å². The highest BCUT2D eigenvalue weighted by Crippen LogP contribution is 2.23. The van der Waals surface area contributed by atoms with Crippen LogP contribution in [-0.2, 0) is 22.4 Å². The summed E-state index contributed by atoms with van der Waals surface area (Å²) in [5, 5.41) is 12.5. The molecule has 1 amide bonds. The number of carbonyl (C=O) groups excluding carboxylic acids is 2. The lowest BCUT2D eigenvalue weighted by molar-refractivity contribution is -0.137. The molecule has 0 unspecified atom stereocenters. The van der Waals surface area contributed by atoms with E-state index in [9.17, 15) is 14.7 Å². The Morgan fingerprint density at radius 2 is 2.00 bits per heavy atom. The summed E-state index contributed by atoms with van der Waals surface area (Å²) in [6, 6.07) is 10.7. The molecular weight excluding hydrogens is 358 g/mol. The number of nitrogens with zero attached hydrogens (tertiary/aromatic N) is 1. The molecule has 6 heteroatoms. The van der Waals surface area contributed by atoms with Gasteiger partial charge in [0.25, 0.3) is 0 Å². The van der Waals surface area contributed by atoms with E-state index in [1.807, 2.05) is 29.6 Å². The van der Waals surface area contributed by atoms with E-state index >= 15 is 0 Å². The Hall–Kier alpha value is -1.69. The van der Waals surface area contributed by atoms with E-state index in [0.717, 1.165) is 10.4 Å². The third-order valence-corrected chi connectivity index (χ3v) is 5.58. The lowest BCUT2D eigenvalue weighted by Crippen LogP contribution is -2.41. The molecule has 0 aliphatic carbocycles. The number of halogens is 1. The second-order valence-corrected chi connectivity index (χ2v) is 7.77. The number of amides is 1. The molecule has 1 fully saturated rings. The molecule has 2 atom stereocenters. The number of aliphatic hydroxyl groups is 1. The number of likely N-dealkylation sites (tertiary alicyclic amines) is 1. The molecule has 132 valence electrons. The van der Waals surface area contributed by atoms with Gasteiger partial charge in [-0.05, 0) is 35.6 Å². The standard InChI is InChI=1S/C19H20ClNO3S/c20-14-6-3-13(4-7-14)5-8-18(23)17-10-15(22)12-21(17)19(24)11-16-2-1-9-25-16/h1-4,6-7,9,15,17,22H,5,8,10-12H2/t15-,17+/m1/s1. The normalized spacial score (nSPS) is 20.0. The zero-order valence-corrected chi connectivity index (χ0v) is 15.3. The van der Waals surface area contributed by atoms with Crippen molar-refractivity contribution in [3.63, 3.8) is 0 Å². The first kappa shape index (κ1) is 18.1. The molecule has 4 nitrogen and oxygen atoms in total. The lowest BCUT2D eigenvalue weighted by atomic mass is 10.0. The molecule has 3 rings (SSSR count). The summed E-state index contributed by atoms with van der Waals surface area (Å²) < 4.78 is 0. The van der Waals surface area contributed by atoms with E-state index in [1.54, 1.807) is 17.0 Å². The molecule has 1 saturated heterocycles. The van der Waals surface area contributed by atoms with Crippen LogP contribution in [0.2, 0.25) is 5.02 Å². The molecule has 0 bridgehead atoms. The average molecular weight is 378 g/mol. The second-order valence-electron chi connectivity index (χ2n) is 6.30. The summed E-state index contributed by atoms with van der Waals surface area (Å²) in [5.41, 5.74) is 1.03. The molecule has 1 aliphatic rings. The molecule has 1 aliphatic heterocycles. The number of β-amino-alcohol motifs (C(OH)–C–C–N with tert-alkyl or cyclic N) is 1. The minimum absolute atomic E-state index is 0.00558. The SMILES string of the molecule is O=C(CCc1ccc(Cl)cc1)[C@@H]1C[C@@H](O)CN1C(=O)Cc1cccs1. The number of rotatable bonds is 6. The van der Waals surface area contributed by atoms with Crippen LogP contribution in [0.1, 0.15) is 23.3 Å². The third kappa shape index (κ3) is 4.69. The summed E-state index contributed by atoms with van der Waals surface area (Å²) in [7, 11) is 0. The highest BCUT2D eigenvalue weighted by atomic mass is 35.5. The molecule has 2 aromatic rings. The molecule has 1 N–H and O–H groups in total. The van der Waals surface area contributed by atoms with Gasteiger partial charge in [-0.1, -0.05) is 29.8 Å². The zero-order chi connectivity index (χ0) is 17.8. The average Bonchev–Trinajstić information content (AvgIpc) is 3.23. The Balaban J connectivity index is 1.61. The molecule has 1 aromatic carbocycles. The van der Waals surface area contributed by atoms with Crippen LogP contribution in [0.4, 0.5) is 0 Å².